The zero-order chi connectivity index (χ0) is 96.6. The van der Waals surface area contributed by atoms with Gasteiger partial charge in [0, 0.05) is 95.2 Å². The fraction of sp³-hybridized carbons (Fsp3) is 0.570. The fourth-order valence-corrected chi connectivity index (χ4v) is 30.6. The number of carbonyl (C=O) groups excluding carboxylic acids is 4. The number of hydrogen-bond acceptors (Lipinski definition) is 16. The van der Waals surface area contributed by atoms with Crippen LogP contribution in [0.5, 0.6) is 46.0 Å². The molecule has 16 nitrogen and oxygen atoms in total. The van der Waals surface area contributed by atoms with Gasteiger partial charge in [-0.15, -0.1) is 0 Å². The van der Waals surface area contributed by atoms with Gasteiger partial charge in [0.2, 0.25) is 20.4 Å². The zero-order valence-electron chi connectivity index (χ0n) is 82.5. The molecule has 728 valence electrons. The lowest BCUT2D eigenvalue weighted by atomic mass is 9.51. The molecule has 4 aromatic carbocycles. The van der Waals surface area contributed by atoms with E-state index in [4.69, 9.17) is 37.9 Å². The molecule has 18 heteroatoms. The summed E-state index contributed by atoms with van der Waals surface area (Å²) in [4.78, 5) is 48.9. The van der Waals surface area contributed by atoms with E-state index in [2.05, 4.69) is 152 Å². The summed E-state index contributed by atoms with van der Waals surface area (Å²) in [6, 6.07) is 25.1. The Balaban J connectivity index is 0.000000107. The van der Waals surface area contributed by atoms with E-state index in [9.17, 15) is 48.4 Å². The van der Waals surface area contributed by atoms with Gasteiger partial charge in [0.25, 0.3) is 0 Å². The maximum absolute atomic E-state index is 13.7. The van der Waals surface area contributed by atoms with Crippen LogP contribution in [0.25, 0.3) is 0 Å². The monoisotopic (exact) mass is 1880 g/mol. The maximum atomic E-state index is 13.7. The first-order valence-electron chi connectivity index (χ1n) is 52.3. The maximum Gasteiger partial charge on any atom is 0.305 e. The topological polar surface area (TPSA) is 223 Å². The van der Waals surface area contributed by atoms with Crippen LogP contribution in [0.15, 0.2) is 164 Å². The number of ketones is 4. The van der Waals surface area contributed by atoms with Crippen molar-refractivity contribution in [3.8, 4) is 93.4 Å². The van der Waals surface area contributed by atoms with Crippen molar-refractivity contribution in [3.05, 3.63) is 186 Å². The fourth-order valence-electron chi connectivity index (χ4n) is 30.6. The summed E-state index contributed by atoms with van der Waals surface area (Å²) in [5.74, 6) is 33.2. The van der Waals surface area contributed by atoms with Gasteiger partial charge in [0.15, 0.2) is 69.1 Å². The molecule has 4 heterocycles. The van der Waals surface area contributed by atoms with Crippen molar-refractivity contribution >= 4 is 23.1 Å². The standard InChI is InChI=1S/C31H36O4.C30H32F2O4.C30H32O4.C30H34O4/c1-29(2,3)13-14-31(33)12-11-25-23-8-5-19-15-21(32)7-9-22(19)28(23)24(17-30(25,31)4)20-6-10-26-27(16-20)35-18-34-26;1-28-17-23(19-4-8-25-26(16-19)36-14-13-35-25)27-21-7-5-20(33)15-18(21)3-6-22(27)24(28)9-10-30(28,34)12-11-29(2,31)32;1-29-16-24(20-5-9-26-27(15-20)34-17-33-26)28-22-8-6-21(31)14-19(22)4-7-23(28)25(29)11-13-30(29,32)12-10-18-2-3-18;1-18(2)10-12-30(32)13-11-25-23-7-4-19-14-21(31)6-8-22(19)28(23)24(16-29(25,30)3)20-5-9-26-27(15-20)34-17-33-26/h6,10,15-16,23-25,33H,5,7-9,11-12,17-18H2,1-4H3;4,8,15-16,22-24,34H,3,5-7,9-10,13-14,17H2,1-2H3;5,9,14-15,18,23-25,32H,2-4,6-8,11,13,16-17H2,1H3;5,9,14-15,18,23-25,32H,4,6-8,11,13,16-17H2,1-3H3/t23-,24+,25-,30-,31+;22-,23+,24-,28-,30+;2*23-,24+,25-,29-,30-/m0000/s1. The van der Waals surface area contributed by atoms with Crippen molar-refractivity contribution in [2.45, 2.75) is 314 Å². The summed E-state index contributed by atoms with van der Waals surface area (Å²) in [6.07, 6.45) is 32.9. The Morgan fingerprint density at radius 1 is 0.345 bits per heavy atom. The summed E-state index contributed by atoms with van der Waals surface area (Å²) >= 11 is 0. The lowest BCUT2D eigenvalue weighted by molar-refractivity contribution is -0.115. The Labute approximate surface area is 817 Å². The zero-order valence-corrected chi connectivity index (χ0v) is 82.5. The third-order valence-corrected chi connectivity index (χ3v) is 37.7. The Kier molecular flexibility index (Phi) is 23.5. The molecule has 25 rings (SSSR count). The quantitative estimate of drug-likeness (QED) is 0.139. The summed E-state index contributed by atoms with van der Waals surface area (Å²) in [7, 11) is 0. The van der Waals surface area contributed by atoms with Gasteiger partial charge in [-0.05, 0) is 381 Å². The van der Waals surface area contributed by atoms with Crippen LogP contribution in [0.3, 0.4) is 0 Å². The minimum absolute atomic E-state index is 0.0208. The number of aliphatic hydroxyl groups is 4. The highest BCUT2D eigenvalue weighted by Crippen LogP contribution is 2.73. The molecule has 0 bridgehead atoms. The van der Waals surface area contributed by atoms with Crippen molar-refractivity contribution in [1.29, 1.82) is 0 Å². The molecule has 0 radical (unpaired) electrons. The Hall–Kier alpha value is -10.2. The normalized spacial score (nSPS) is 36.1. The highest BCUT2D eigenvalue weighted by Gasteiger charge is 2.68. The second-order valence-corrected chi connectivity index (χ2v) is 46.9. The minimum Gasteiger partial charge on any atom is -0.486 e. The smallest absolute Gasteiger partial charge is 0.305 e. The van der Waals surface area contributed by atoms with E-state index in [-0.39, 0.29) is 107 Å². The Morgan fingerprint density at radius 2 is 0.626 bits per heavy atom. The molecule has 9 saturated carbocycles. The van der Waals surface area contributed by atoms with Gasteiger partial charge in [0.05, 0.1) is 0 Å². The molecule has 4 aliphatic heterocycles. The number of halogens is 2. The van der Waals surface area contributed by atoms with Gasteiger partial charge in [-0.3, -0.25) is 19.2 Å². The van der Waals surface area contributed by atoms with Gasteiger partial charge in [-0.1, -0.05) is 130 Å². The summed E-state index contributed by atoms with van der Waals surface area (Å²) in [5.41, 5.74) is 15.2. The highest BCUT2D eigenvalue weighted by molar-refractivity contribution is 5.95. The van der Waals surface area contributed by atoms with E-state index in [1.54, 1.807) is 0 Å². The molecule has 4 aromatic rings. The number of allylic oxidation sites excluding steroid dienone is 16. The molecule has 4 N–H and O–H groups in total. The minimum atomic E-state index is -3.15. The van der Waals surface area contributed by atoms with Crippen LogP contribution in [0.4, 0.5) is 8.78 Å². The van der Waals surface area contributed by atoms with Crippen LogP contribution in [-0.2, 0) is 19.2 Å². The number of carbonyl (C=O) groups is 4. The first-order chi connectivity index (χ1) is 66.4. The average Bonchev–Trinajstić information content (AvgIpc) is 1.59. The van der Waals surface area contributed by atoms with E-state index >= 15 is 0 Å². The molecule has 20 atom stereocenters. The highest BCUT2D eigenvalue weighted by atomic mass is 19.3. The third-order valence-electron chi connectivity index (χ3n) is 37.7. The Bertz CT molecular complexity index is 6190. The molecule has 17 aliphatic carbocycles. The molecule has 0 spiro atoms. The van der Waals surface area contributed by atoms with Crippen LogP contribution in [0.1, 0.15) is 308 Å². The first kappa shape index (κ1) is 93.8. The van der Waals surface area contributed by atoms with Crippen molar-refractivity contribution in [3.63, 3.8) is 0 Å². The molecule has 0 amide bonds. The molecule has 0 saturated heterocycles. The molecular formula is C121H134F2O16. The first-order valence-corrected chi connectivity index (χ1v) is 52.3. The van der Waals surface area contributed by atoms with E-state index in [0.29, 0.717) is 98.9 Å². The molecule has 0 unspecified atom stereocenters. The van der Waals surface area contributed by atoms with Gasteiger partial charge < -0.3 is 58.3 Å². The van der Waals surface area contributed by atoms with E-state index < -0.39 is 33.7 Å². The van der Waals surface area contributed by atoms with Crippen molar-refractivity contribution in [1.82, 2.24) is 0 Å². The van der Waals surface area contributed by atoms with Crippen molar-refractivity contribution < 1.29 is 86.3 Å². The van der Waals surface area contributed by atoms with E-state index in [0.717, 1.165) is 200 Å². The second kappa shape index (κ2) is 34.9. The van der Waals surface area contributed by atoms with Crippen molar-refractivity contribution in [2.24, 2.45) is 86.3 Å². The van der Waals surface area contributed by atoms with Crippen LogP contribution in [-0.4, -0.2) is 105 Å². The van der Waals surface area contributed by atoms with Crippen LogP contribution in [0.2, 0.25) is 0 Å². The van der Waals surface area contributed by atoms with E-state index in [1.807, 2.05) is 54.6 Å². The van der Waals surface area contributed by atoms with Gasteiger partial charge >= 0.3 is 5.92 Å². The largest absolute Gasteiger partial charge is 0.486 e. The SMILES string of the molecule is CC(C)(C)C#C[C@]1(O)CC[C@H]2[C@@H]3CCC4=CC(=O)CCC4=C3[C@@H](c3ccc4c(c3)OCO4)C[C@@]21C.CC(C)C#C[C@]1(O)CC[C@H]2[C@@H]3CCC4=CC(=O)CCC4=C3[C@@H](c3ccc4c(c3)OCO4)C[C@@]21C.CC(F)(F)C#C[C@]1(O)CC[C@H]2[C@@H]3CCC4=CC(=O)CCC4=C3[C@@H](c3ccc4c(c3)OCCO4)C[C@@]21C.C[C@]12C[C@H](c3ccc4c(c3)OCO4)C3=C4CCC(=O)C=C4CC[C@H]3[C@@H]1CC[C@@]2(O)C#CC1CC1. The summed E-state index contributed by atoms with van der Waals surface area (Å²) in [6.45, 7) is 22.0. The van der Waals surface area contributed by atoms with Gasteiger partial charge in [-0.25, -0.2) is 0 Å². The number of benzene rings is 4. The molecule has 0 aromatic heterocycles. The lowest BCUT2D eigenvalue weighted by Crippen LogP contribution is -2.51. The van der Waals surface area contributed by atoms with Crippen LogP contribution >= 0.6 is 0 Å². The average molecular weight is 1880 g/mol. The number of rotatable bonds is 4. The number of hydrogen-bond donors (Lipinski definition) is 4. The van der Waals surface area contributed by atoms with Crippen LogP contribution < -0.4 is 37.9 Å². The lowest BCUT2D eigenvalue weighted by Gasteiger charge is -2.53. The van der Waals surface area contributed by atoms with Gasteiger partial charge in [0.1, 0.15) is 35.6 Å². The summed E-state index contributed by atoms with van der Waals surface area (Å²) < 4.78 is 73.1. The molecule has 9 fully saturated rings. The number of fused-ring (bicyclic) bond motifs is 20. The second-order valence-electron chi connectivity index (χ2n) is 46.9. The Morgan fingerprint density at radius 3 is 0.928 bits per heavy atom. The molecule has 139 heavy (non-hydrogen) atoms. The van der Waals surface area contributed by atoms with E-state index in [1.165, 1.54) is 90.8 Å². The number of alkyl halides is 2. The van der Waals surface area contributed by atoms with Gasteiger partial charge in [-0.2, -0.15) is 8.78 Å². The third kappa shape index (κ3) is 16.3. The summed E-state index contributed by atoms with van der Waals surface area (Å²) in [5, 5.41) is 47.9. The molecule has 21 aliphatic rings. The predicted octanol–water partition coefficient (Wildman–Crippen LogP) is 23.0. The predicted molar refractivity (Wildman–Crippen MR) is 525 cm³/mol. The molecular weight excluding hydrogens is 1750 g/mol. The van der Waals surface area contributed by atoms with Crippen molar-refractivity contribution in [2.75, 3.05) is 33.6 Å². The number of ether oxygens (including phenoxy) is 8. The van der Waals surface area contributed by atoms with Crippen LogP contribution in [0, 0.1) is 134 Å².